The molecule has 6 heteroatoms. The third kappa shape index (κ3) is 3.06. The predicted octanol–water partition coefficient (Wildman–Crippen LogP) is 3.77. The maximum Gasteiger partial charge on any atom is 0.249 e. The summed E-state index contributed by atoms with van der Waals surface area (Å²) in [5.74, 6) is -0.394. The fourth-order valence-corrected chi connectivity index (χ4v) is 3.22. The highest BCUT2D eigenvalue weighted by molar-refractivity contribution is 9.10. The first-order valence-corrected chi connectivity index (χ1v) is 7.96. The van der Waals surface area contributed by atoms with Crippen LogP contribution in [0.1, 0.15) is 15.2 Å². The summed E-state index contributed by atoms with van der Waals surface area (Å²) in [5, 5.41) is 6.20. The predicted molar refractivity (Wildman–Crippen MR) is 89.6 cm³/mol. The topological polar surface area (TPSA) is 68.0 Å². The van der Waals surface area contributed by atoms with Crippen molar-refractivity contribution in [1.29, 1.82) is 0 Å². The smallest absolute Gasteiger partial charge is 0.249 e. The number of nitrogens with two attached hydrogens (primary N) is 1. The highest BCUT2D eigenvalue weighted by atomic mass is 79.9. The van der Waals surface area contributed by atoms with E-state index < -0.39 is 5.91 Å². The monoisotopic (exact) mass is 361 g/mol. The van der Waals surface area contributed by atoms with Crippen molar-refractivity contribution < 1.29 is 4.79 Å². The normalized spacial score (nSPS) is 10.7. The number of fused-ring (bicyclic) bond motifs is 1. The number of primary amides is 1. The Hall–Kier alpha value is -1.92. The summed E-state index contributed by atoms with van der Waals surface area (Å²) in [4.78, 5) is 16.6. The van der Waals surface area contributed by atoms with E-state index in [0.29, 0.717) is 12.1 Å². The Morgan fingerprint density at radius 3 is 3.00 bits per heavy atom. The third-order valence-electron chi connectivity index (χ3n) is 3.07. The number of nitrogens with zero attached hydrogens (tertiary/aromatic N) is 1. The Kier molecular flexibility index (Phi) is 3.90. The number of anilines is 1. The number of nitrogens with one attached hydrogen (secondary N) is 1. The van der Waals surface area contributed by atoms with Gasteiger partial charge in [0.05, 0.1) is 16.8 Å². The number of carbonyl (C=O) groups is 1. The van der Waals surface area contributed by atoms with Crippen molar-refractivity contribution in [3.05, 3.63) is 56.8 Å². The fourth-order valence-electron chi connectivity index (χ4n) is 2.06. The number of hydrogen-bond donors (Lipinski definition) is 2. The van der Waals surface area contributed by atoms with Gasteiger partial charge in [-0.1, -0.05) is 12.1 Å². The first-order chi connectivity index (χ1) is 10.1. The van der Waals surface area contributed by atoms with Crippen LogP contribution < -0.4 is 11.1 Å². The summed E-state index contributed by atoms with van der Waals surface area (Å²) >= 11 is 4.94. The van der Waals surface area contributed by atoms with Crippen LogP contribution in [0, 0.1) is 0 Å². The average Bonchev–Trinajstić information content (AvgIpc) is 2.93. The van der Waals surface area contributed by atoms with Gasteiger partial charge in [-0.2, -0.15) is 0 Å². The van der Waals surface area contributed by atoms with Crippen LogP contribution in [0.5, 0.6) is 0 Å². The molecule has 2 heterocycles. The minimum absolute atomic E-state index is 0.394. The van der Waals surface area contributed by atoms with Gasteiger partial charge in [0.25, 0.3) is 0 Å². The SMILES string of the molecule is NC(=O)c1csc(CNc2cccc3cc(Br)cnc23)c1. The van der Waals surface area contributed by atoms with Gasteiger partial charge in [0.1, 0.15) is 0 Å². The molecule has 0 unspecified atom stereocenters. The van der Waals surface area contributed by atoms with Crippen LogP contribution in [-0.4, -0.2) is 10.9 Å². The number of para-hydroxylation sites is 1. The average molecular weight is 362 g/mol. The second-order valence-electron chi connectivity index (χ2n) is 4.55. The van der Waals surface area contributed by atoms with Gasteiger partial charge in [0, 0.05) is 32.9 Å². The number of thiophene rings is 1. The Bertz CT molecular complexity index is 816. The molecule has 106 valence electrons. The Labute approximate surface area is 134 Å². The van der Waals surface area contributed by atoms with E-state index in [2.05, 4.69) is 26.2 Å². The highest BCUT2D eigenvalue weighted by Gasteiger charge is 2.06. The highest BCUT2D eigenvalue weighted by Crippen LogP contribution is 2.25. The third-order valence-corrected chi connectivity index (χ3v) is 4.44. The summed E-state index contributed by atoms with van der Waals surface area (Å²) in [7, 11) is 0. The van der Waals surface area contributed by atoms with Gasteiger partial charge in [-0.05, 0) is 34.1 Å². The number of aromatic nitrogens is 1. The van der Waals surface area contributed by atoms with E-state index in [4.69, 9.17) is 5.73 Å². The minimum Gasteiger partial charge on any atom is -0.378 e. The molecule has 2 aromatic heterocycles. The van der Waals surface area contributed by atoms with Crippen LogP contribution in [0.4, 0.5) is 5.69 Å². The molecule has 0 atom stereocenters. The van der Waals surface area contributed by atoms with Crippen molar-refractivity contribution in [2.24, 2.45) is 5.73 Å². The van der Waals surface area contributed by atoms with Crippen LogP contribution in [0.2, 0.25) is 0 Å². The summed E-state index contributed by atoms with van der Waals surface area (Å²) in [5.41, 5.74) is 7.70. The van der Waals surface area contributed by atoms with Crippen LogP contribution in [0.3, 0.4) is 0 Å². The zero-order chi connectivity index (χ0) is 14.8. The Balaban J connectivity index is 1.83. The van der Waals surface area contributed by atoms with Crippen LogP contribution in [0.25, 0.3) is 10.9 Å². The second kappa shape index (κ2) is 5.83. The van der Waals surface area contributed by atoms with Crippen molar-refractivity contribution in [1.82, 2.24) is 4.98 Å². The molecule has 0 fully saturated rings. The molecule has 0 spiro atoms. The molecule has 0 aliphatic carbocycles. The number of hydrogen-bond acceptors (Lipinski definition) is 4. The van der Waals surface area contributed by atoms with E-state index in [0.717, 1.165) is 25.9 Å². The molecule has 0 bridgehead atoms. The van der Waals surface area contributed by atoms with E-state index in [1.807, 2.05) is 30.3 Å². The van der Waals surface area contributed by atoms with Crippen molar-refractivity contribution in [3.8, 4) is 0 Å². The van der Waals surface area contributed by atoms with Gasteiger partial charge in [0.15, 0.2) is 0 Å². The van der Waals surface area contributed by atoms with Gasteiger partial charge < -0.3 is 11.1 Å². The molecule has 0 saturated carbocycles. The Morgan fingerprint density at radius 2 is 2.24 bits per heavy atom. The molecule has 3 aromatic rings. The number of benzene rings is 1. The van der Waals surface area contributed by atoms with Crippen LogP contribution in [-0.2, 0) is 6.54 Å². The van der Waals surface area contributed by atoms with Crippen molar-refractivity contribution in [2.45, 2.75) is 6.54 Å². The summed E-state index contributed by atoms with van der Waals surface area (Å²) in [6.45, 7) is 0.634. The van der Waals surface area contributed by atoms with E-state index in [1.165, 1.54) is 11.3 Å². The molecule has 0 radical (unpaired) electrons. The molecule has 0 aliphatic rings. The first-order valence-electron chi connectivity index (χ1n) is 6.29. The molecular formula is C15H12BrN3OS. The van der Waals surface area contributed by atoms with Gasteiger partial charge >= 0.3 is 0 Å². The fraction of sp³-hybridized carbons (Fsp3) is 0.0667. The summed E-state index contributed by atoms with van der Waals surface area (Å²) < 4.78 is 0.955. The van der Waals surface area contributed by atoms with E-state index in [-0.39, 0.29) is 0 Å². The summed E-state index contributed by atoms with van der Waals surface area (Å²) in [6.07, 6.45) is 1.78. The van der Waals surface area contributed by atoms with Gasteiger partial charge in [-0.3, -0.25) is 9.78 Å². The molecule has 3 rings (SSSR count). The van der Waals surface area contributed by atoms with Gasteiger partial charge in [-0.15, -0.1) is 11.3 Å². The van der Waals surface area contributed by atoms with Crippen molar-refractivity contribution >= 4 is 49.8 Å². The number of halogens is 1. The van der Waals surface area contributed by atoms with Crippen molar-refractivity contribution in [3.63, 3.8) is 0 Å². The molecule has 1 amide bonds. The van der Waals surface area contributed by atoms with Crippen LogP contribution in [0.15, 0.2) is 46.4 Å². The maximum absolute atomic E-state index is 11.1. The molecule has 1 aromatic carbocycles. The second-order valence-corrected chi connectivity index (χ2v) is 6.46. The summed E-state index contributed by atoms with van der Waals surface area (Å²) in [6, 6.07) is 9.85. The lowest BCUT2D eigenvalue weighted by atomic mass is 10.2. The van der Waals surface area contributed by atoms with E-state index in [9.17, 15) is 4.79 Å². The van der Waals surface area contributed by atoms with E-state index >= 15 is 0 Å². The molecule has 21 heavy (non-hydrogen) atoms. The molecule has 4 nitrogen and oxygen atoms in total. The molecule has 0 aliphatic heterocycles. The largest absolute Gasteiger partial charge is 0.378 e. The number of amides is 1. The Morgan fingerprint density at radius 1 is 1.38 bits per heavy atom. The molecule has 0 saturated heterocycles. The zero-order valence-electron chi connectivity index (χ0n) is 11.0. The van der Waals surface area contributed by atoms with E-state index in [1.54, 1.807) is 11.6 Å². The van der Waals surface area contributed by atoms with Crippen LogP contribution >= 0.6 is 27.3 Å². The van der Waals surface area contributed by atoms with Gasteiger partial charge in [0.2, 0.25) is 5.91 Å². The number of carbonyl (C=O) groups excluding carboxylic acids is 1. The number of rotatable bonds is 4. The first kappa shape index (κ1) is 14.0. The molecule has 3 N–H and O–H groups in total. The quantitative estimate of drug-likeness (QED) is 0.742. The lowest BCUT2D eigenvalue weighted by Gasteiger charge is -2.08. The van der Waals surface area contributed by atoms with Crippen molar-refractivity contribution in [2.75, 3.05) is 5.32 Å². The lowest BCUT2D eigenvalue weighted by molar-refractivity contribution is 0.100. The molecular weight excluding hydrogens is 350 g/mol. The number of pyridine rings is 1. The van der Waals surface area contributed by atoms with Gasteiger partial charge in [-0.25, -0.2) is 0 Å². The minimum atomic E-state index is -0.394. The zero-order valence-corrected chi connectivity index (χ0v) is 13.4. The lowest BCUT2D eigenvalue weighted by Crippen LogP contribution is -2.09. The standard InChI is InChI=1S/C15H12BrN3OS/c16-11-4-9-2-1-3-13(14(9)19-6-11)18-7-12-5-10(8-21-12)15(17)20/h1-6,8,18H,7H2,(H2,17,20). The maximum atomic E-state index is 11.1.